The van der Waals surface area contributed by atoms with Crippen LogP contribution in [0.3, 0.4) is 0 Å². The number of amides is 1. The van der Waals surface area contributed by atoms with Gasteiger partial charge in [0, 0.05) is 5.69 Å². The molecule has 0 saturated heterocycles. The molecule has 1 N–H and O–H groups in total. The van der Waals surface area contributed by atoms with Crippen LogP contribution in [0, 0.1) is 0 Å². The molecule has 0 aromatic heterocycles. The Morgan fingerprint density at radius 1 is 1.22 bits per heavy atom. The fraction of sp³-hybridized carbons (Fsp3) is 0.385. The number of nitrogens with one attached hydrogen (secondary N) is 1. The molecule has 18 heavy (non-hydrogen) atoms. The Labute approximate surface area is 111 Å². The summed E-state index contributed by atoms with van der Waals surface area (Å²) < 4.78 is 4.48. The van der Waals surface area contributed by atoms with Crippen LogP contribution in [-0.2, 0) is 20.7 Å². The lowest BCUT2D eigenvalue weighted by Crippen LogP contribution is -2.15. The van der Waals surface area contributed by atoms with Gasteiger partial charge in [0.05, 0.1) is 18.6 Å². The van der Waals surface area contributed by atoms with E-state index in [1.807, 2.05) is 24.3 Å². The summed E-state index contributed by atoms with van der Waals surface area (Å²) in [6.07, 6.45) is 0.975. The van der Waals surface area contributed by atoms with Crippen molar-refractivity contribution in [3.05, 3.63) is 29.8 Å². The summed E-state index contributed by atoms with van der Waals surface area (Å²) in [5.41, 5.74) is 2.00. The van der Waals surface area contributed by atoms with E-state index in [1.54, 1.807) is 0 Å². The summed E-state index contributed by atoms with van der Waals surface area (Å²) in [7, 11) is 1.33. The molecule has 1 aromatic rings. The zero-order chi connectivity index (χ0) is 13.4. The molecule has 1 aromatic carbocycles. The highest BCUT2D eigenvalue weighted by Gasteiger charge is 2.05. The van der Waals surface area contributed by atoms with E-state index in [-0.39, 0.29) is 23.4 Å². The van der Waals surface area contributed by atoms with E-state index < -0.39 is 0 Å². The summed E-state index contributed by atoms with van der Waals surface area (Å²) in [5, 5.41) is 2.77. The number of carbonyl (C=O) groups is 2. The van der Waals surface area contributed by atoms with Gasteiger partial charge in [0.1, 0.15) is 0 Å². The van der Waals surface area contributed by atoms with Gasteiger partial charge >= 0.3 is 5.97 Å². The number of thioether (sulfide) groups is 1. The predicted octanol–water partition coefficient (Wildman–Crippen LogP) is 2.09. The van der Waals surface area contributed by atoms with E-state index in [1.165, 1.54) is 24.4 Å². The van der Waals surface area contributed by atoms with Crippen LogP contribution in [0.1, 0.15) is 12.5 Å². The highest BCUT2D eigenvalue weighted by atomic mass is 32.2. The molecule has 98 valence electrons. The molecule has 1 amide bonds. The molecule has 5 heteroatoms. The second-order valence-corrected chi connectivity index (χ2v) is 4.65. The topological polar surface area (TPSA) is 55.4 Å². The highest BCUT2D eigenvalue weighted by Crippen LogP contribution is 2.10. The van der Waals surface area contributed by atoms with Crippen molar-refractivity contribution >= 4 is 29.3 Å². The fourth-order valence-corrected chi connectivity index (χ4v) is 1.95. The molecule has 0 atom stereocenters. The summed E-state index contributed by atoms with van der Waals surface area (Å²) in [6.45, 7) is 2.08. The molecule has 0 spiro atoms. The molecule has 0 fully saturated rings. The quantitative estimate of drug-likeness (QED) is 0.802. The van der Waals surface area contributed by atoms with Gasteiger partial charge < -0.3 is 10.1 Å². The minimum absolute atomic E-state index is 0.117. The number of aryl methyl sites for hydroxylation is 1. The first kappa shape index (κ1) is 14.6. The minimum Gasteiger partial charge on any atom is -0.468 e. The predicted molar refractivity (Wildman–Crippen MR) is 73.8 cm³/mol. The van der Waals surface area contributed by atoms with Gasteiger partial charge in [-0.15, -0.1) is 11.8 Å². The van der Waals surface area contributed by atoms with Crippen molar-refractivity contribution in [3.8, 4) is 0 Å². The van der Waals surface area contributed by atoms with Crippen LogP contribution in [0.2, 0.25) is 0 Å². The molecule has 0 aliphatic carbocycles. The third-order valence-corrected chi connectivity index (χ3v) is 3.23. The summed E-state index contributed by atoms with van der Waals surface area (Å²) >= 11 is 1.23. The Kier molecular flexibility index (Phi) is 6.28. The van der Waals surface area contributed by atoms with Crippen molar-refractivity contribution in [1.29, 1.82) is 0 Å². The van der Waals surface area contributed by atoms with Crippen LogP contribution < -0.4 is 5.32 Å². The minimum atomic E-state index is -0.319. The second kappa shape index (κ2) is 7.76. The monoisotopic (exact) mass is 267 g/mol. The van der Waals surface area contributed by atoms with Gasteiger partial charge in [-0.05, 0) is 24.1 Å². The number of esters is 1. The Morgan fingerprint density at radius 2 is 1.89 bits per heavy atom. The van der Waals surface area contributed by atoms with Crippen LogP contribution in [0.15, 0.2) is 24.3 Å². The van der Waals surface area contributed by atoms with Gasteiger partial charge in [-0.3, -0.25) is 9.59 Å². The lowest BCUT2D eigenvalue weighted by Gasteiger charge is -2.05. The fourth-order valence-electron chi connectivity index (χ4n) is 1.31. The first-order chi connectivity index (χ1) is 8.65. The zero-order valence-electron chi connectivity index (χ0n) is 10.6. The van der Waals surface area contributed by atoms with Crippen LogP contribution in [0.25, 0.3) is 0 Å². The third kappa shape index (κ3) is 5.23. The molecular formula is C13H17NO3S. The molecular weight excluding hydrogens is 250 g/mol. The average molecular weight is 267 g/mol. The number of carbonyl (C=O) groups excluding carboxylic acids is 2. The van der Waals surface area contributed by atoms with Crippen LogP contribution in [-0.4, -0.2) is 30.5 Å². The molecule has 4 nitrogen and oxygen atoms in total. The number of hydrogen-bond donors (Lipinski definition) is 1. The van der Waals surface area contributed by atoms with E-state index >= 15 is 0 Å². The lowest BCUT2D eigenvalue weighted by atomic mass is 10.1. The molecule has 0 bridgehead atoms. The second-order valence-electron chi connectivity index (χ2n) is 3.67. The zero-order valence-corrected chi connectivity index (χ0v) is 11.4. The number of benzene rings is 1. The van der Waals surface area contributed by atoms with Crippen molar-refractivity contribution in [2.24, 2.45) is 0 Å². The maximum absolute atomic E-state index is 11.6. The lowest BCUT2D eigenvalue weighted by molar-refractivity contribution is -0.137. The van der Waals surface area contributed by atoms with E-state index in [2.05, 4.69) is 17.0 Å². The van der Waals surface area contributed by atoms with E-state index in [0.29, 0.717) is 0 Å². The van der Waals surface area contributed by atoms with E-state index in [4.69, 9.17) is 0 Å². The average Bonchev–Trinajstić information content (AvgIpc) is 2.39. The molecule has 0 unspecified atom stereocenters. The van der Waals surface area contributed by atoms with Crippen molar-refractivity contribution in [2.45, 2.75) is 13.3 Å². The van der Waals surface area contributed by atoms with Crippen LogP contribution in [0.4, 0.5) is 5.69 Å². The van der Waals surface area contributed by atoms with Crippen molar-refractivity contribution in [2.75, 3.05) is 23.9 Å². The number of methoxy groups -OCH3 is 1. The normalized spacial score (nSPS) is 9.89. The summed E-state index contributed by atoms with van der Waals surface area (Å²) in [6, 6.07) is 7.72. The van der Waals surface area contributed by atoms with Crippen molar-refractivity contribution < 1.29 is 14.3 Å². The van der Waals surface area contributed by atoms with Gasteiger partial charge in [-0.2, -0.15) is 0 Å². The van der Waals surface area contributed by atoms with E-state index in [0.717, 1.165) is 12.1 Å². The molecule has 0 aliphatic rings. The Hall–Kier alpha value is -1.49. The van der Waals surface area contributed by atoms with Gasteiger partial charge in [-0.25, -0.2) is 0 Å². The van der Waals surface area contributed by atoms with Gasteiger partial charge in [-0.1, -0.05) is 19.1 Å². The number of anilines is 1. The molecule has 0 heterocycles. The molecule has 0 aliphatic heterocycles. The standard InChI is InChI=1S/C13H17NO3S/c1-3-10-4-6-11(7-5-10)14-12(15)8-18-9-13(16)17-2/h4-7H,3,8-9H2,1-2H3,(H,14,15). The number of rotatable bonds is 6. The first-order valence-corrected chi connectivity index (χ1v) is 6.84. The van der Waals surface area contributed by atoms with Crippen LogP contribution >= 0.6 is 11.8 Å². The number of ether oxygens (including phenoxy) is 1. The van der Waals surface area contributed by atoms with Gasteiger partial charge in [0.25, 0.3) is 0 Å². The Bertz CT molecular complexity index is 403. The number of hydrogen-bond acceptors (Lipinski definition) is 4. The van der Waals surface area contributed by atoms with Crippen LogP contribution in [0.5, 0.6) is 0 Å². The first-order valence-electron chi connectivity index (χ1n) is 5.69. The van der Waals surface area contributed by atoms with Crippen molar-refractivity contribution in [3.63, 3.8) is 0 Å². The van der Waals surface area contributed by atoms with E-state index in [9.17, 15) is 9.59 Å². The molecule has 0 radical (unpaired) electrons. The smallest absolute Gasteiger partial charge is 0.315 e. The molecule has 0 saturated carbocycles. The maximum atomic E-state index is 11.6. The highest BCUT2D eigenvalue weighted by molar-refractivity contribution is 8.00. The Morgan fingerprint density at radius 3 is 2.44 bits per heavy atom. The summed E-state index contributed by atoms with van der Waals surface area (Å²) in [4.78, 5) is 22.4. The van der Waals surface area contributed by atoms with Gasteiger partial charge in [0.2, 0.25) is 5.91 Å². The van der Waals surface area contributed by atoms with Crippen molar-refractivity contribution in [1.82, 2.24) is 0 Å². The molecule has 1 rings (SSSR count). The third-order valence-electron chi connectivity index (χ3n) is 2.33. The maximum Gasteiger partial charge on any atom is 0.315 e. The Balaban J connectivity index is 2.32. The SMILES string of the molecule is CCc1ccc(NC(=O)CSCC(=O)OC)cc1. The largest absolute Gasteiger partial charge is 0.468 e. The summed E-state index contributed by atoms with van der Waals surface area (Å²) in [5.74, 6) is -0.00295. The van der Waals surface area contributed by atoms with Gasteiger partial charge in [0.15, 0.2) is 0 Å².